The van der Waals surface area contributed by atoms with Crippen molar-refractivity contribution in [3.63, 3.8) is 0 Å². The predicted octanol–water partition coefficient (Wildman–Crippen LogP) is 9.85. The zero-order chi connectivity index (χ0) is 27.8. The van der Waals surface area contributed by atoms with Crippen LogP contribution in [0.4, 0.5) is 0 Å². The van der Waals surface area contributed by atoms with Crippen molar-refractivity contribution in [1.29, 1.82) is 0 Å². The number of pyridine rings is 1. The molecule has 2 N–H and O–H groups in total. The van der Waals surface area contributed by atoms with Crippen LogP contribution >= 0.6 is 0 Å². The quantitative estimate of drug-likeness (QED) is 0.0574. The van der Waals surface area contributed by atoms with Gasteiger partial charge < -0.3 is 10.1 Å². The Morgan fingerprint density at radius 1 is 0.775 bits per heavy atom. The molecule has 1 radical (unpaired) electrons. The normalized spacial score (nSPS) is 11.5. The maximum atomic E-state index is 9.80. The van der Waals surface area contributed by atoms with E-state index in [9.17, 15) is 9.90 Å². The van der Waals surface area contributed by atoms with E-state index in [0.717, 1.165) is 36.9 Å². The Kier molecular flexibility index (Phi) is 11.6. The molecule has 0 amide bonds. The second-order valence-electron chi connectivity index (χ2n) is 10.0. The number of aliphatic hydroxyl groups excluding tert-OH is 1. The van der Waals surface area contributed by atoms with Gasteiger partial charge in [-0.2, -0.15) is 0 Å². The second-order valence-corrected chi connectivity index (χ2v) is 10.0. The number of aliphatic hydroxyl groups is 1. The first-order valence-corrected chi connectivity index (χ1v) is 14.1. The number of allylic oxidation sites excluding steroid dienone is 2. The Balaban J connectivity index is 0.000000243. The molecule has 0 fully saturated rings. The maximum Gasteiger partial charge on any atom is 0.322 e. The molecule has 5 aromatic rings. The summed E-state index contributed by atoms with van der Waals surface area (Å²) in [5.74, 6) is 1.01. The zero-order valence-corrected chi connectivity index (χ0v) is 26.2. The summed E-state index contributed by atoms with van der Waals surface area (Å²) in [6, 6.07) is 30.9. The molecule has 0 aliphatic heterocycles. The number of carbonyl (C=O) groups excluding carboxylic acids is 1. The third-order valence-electron chi connectivity index (χ3n) is 7.71. The van der Waals surface area contributed by atoms with Gasteiger partial charge in [-0.25, -0.2) is 0 Å². The van der Waals surface area contributed by atoms with Crippen LogP contribution in [0, 0.1) is 17.9 Å². The molecule has 40 heavy (non-hydrogen) atoms. The Hall–Kier alpha value is -3.33. The molecule has 1 aromatic heterocycles. The van der Waals surface area contributed by atoms with E-state index in [0.29, 0.717) is 11.5 Å². The van der Waals surface area contributed by atoms with E-state index in [4.69, 9.17) is 0 Å². The summed E-state index contributed by atoms with van der Waals surface area (Å²) in [7, 11) is 0. The first kappa shape index (κ1) is 31.2. The number of ketones is 1. The molecular formula is C36H39IrNO2. The van der Waals surface area contributed by atoms with E-state index in [1.54, 1.807) is 6.08 Å². The van der Waals surface area contributed by atoms with Gasteiger partial charge in [0.05, 0.1) is 12.0 Å². The summed E-state index contributed by atoms with van der Waals surface area (Å²) < 4.78 is 0. The Bertz CT molecular complexity index is 1600. The monoisotopic (exact) mass is 710 g/mol. The summed E-state index contributed by atoms with van der Waals surface area (Å²) in [5.41, 5.74) is 2.03. The van der Waals surface area contributed by atoms with Crippen molar-refractivity contribution < 1.29 is 30.0 Å². The van der Waals surface area contributed by atoms with Gasteiger partial charge in [0.15, 0.2) is 0 Å². The fourth-order valence-electron chi connectivity index (χ4n) is 5.22. The molecule has 4 aromatic carbocycles. The van der Waals surface area contributed by atoms with Crippen LogP contribution in [0.3, 0.4) is 0 Å². The first-order valence-electron chi connectivity index (χ1n) is 14.1. The van der Waals surface area contributed by atoms with E-state index in [-0.39, 0.29) is 31.9 Å². The molecule has 0 aliphatic rings. The van der Waals surface area contributed by atoms with Gasteiger partial charge in [0.2, 0.25) is 0 Å². The second kappa shape index (κ2) is 14.9. The van der Waals surface area contributed by atoms with Crippen LogP contribution in [0.25, 0.3) is 43.6 Å². The number of fused-ring (bicyclic) bond motifs is 4. The maximum absolute atomic E-state index is 9.80. The van der Waals surface area contributed by atoms with Gasteiger partial charge in [0.25, 0.3) is 0 Å². The van der Waals surface area contributed by atoms with Gasteiger partial charge >= 0.3 is 5.78 Å². The smallest absolute Gasteiger partial charge is 0.322 e. The number of rotatable bonds is 8. The van der Waals surface area contributed by atoms with E-state index in [1.807, 2.05) is 40.0 Å². The van der Waals surface area contributed by atoms with Gasteiger partial charge in [-0.3, -0.25) is 4.79 Å². The minimum Gasteiger partial charge on any atom is -0.512 e. The number of aromatic nitrogens is 1. The molecule has 1 heterocycles. The first-order chi connectivity index (χ1) is 19.0. The Morgan fingerprint density at radius 3 is 2.08 bits per heavy atom. The minimum atomic E-state index is 0. The number of hydrogen-bond donors (Lipinski definition) is 1. The van der Waals surface area contributed by atoms with E-state index in [1.165, 1.54) is 32.3 Å². The van der Waals surface area contributed by atoms with Crippen LogP contribution in [0.2, 0.25) is 0 Å². The predicted molar refractivity (Wildman–Crippen MR) is 167 cm³/mol. The fraction of sp³-hybridized carbons (Fsp3) is 0.278. The van der Waals surface area contributed by atoms with Crippen LogP contribution < -0.4 is 0 Å². The van der Waals surface area contributed by atoms with Crippen molar-refractivity contribution in [3.8, 4) is 11.3 Å². The van der Waals surface area contributed by atoms with E-state index >= 15 is 0 Å². The van der Waals surface area contributed by atoms with Crippen LogP contribution in [0.1, 0.15) is 53.4 Å². The summed E-state index contributed by atoms with van der Waals surface area (Å²) in [6.07, 6.45) is 7.09. The largest absolute Gasteiger partial charge is 0.512 e. The SMILES string of the molecule is CCC(CC)C(=[OH+])/C=C(\O)C(CC)CC.[Ir].[c-]1cc2ccccc2cc1-c1nccc2c1ccc1ccccc12. The third kappa shape index (κ3) is 7.05. The average molecular weight is 710 g/mol. The molecular weight excluding hydrogens is 671 g/mol. The van der Waals surface area contributed by atoms with Crippen LogP contribution in [0.15, 0.2) is 96.9 Å². The fourth-order valence-corrected chi connectivity index (χ4v) is 5.22. The van der Waals surface area contributed by atoms with Gasteiger partial charge in [0.1, 0.15) is 5.76 Å². The summed E-state index contributed by atoms with van der Waals surface area (Å²) in [4.78, 5) is 14.5. The van der Waals surface area contributed by atoms with Crippen LogP contribution in [-0.2, 0) is 20.1 Å². The van der Waals surface area contributed by atoms with Crippen molar-refractivity contribution >= 4 is 38.1 Å². The minimum absolute atomic E-state index is 0. The molecule has 0 atom stereocenters. The summed E-state index contributed by atoms with van der Waals surface area (Å²) in [6.45, 7) is 8.19. The molecule has 4 heteroatoms. The van der Waals surface area contributed by atoms with E-state index in [2.05, 4.69) is 83.8 Å². The van der Waals surface area contributed by atoms with Crippen molar-refractivity contribution in [1.82, 2.24) is 4.98 Å². The Morgan fingerprint density at radius 2 is 1.40 bits per heavy atom. The molecule has 0 spiro atoms. The van der Waals surface area contributed by atoms with Crippen LogP contribution in [0.5, 0.6) is 0 Å². The molecule has 5 rings (SSSR count). The third-order valence-corrected chi connectivity index (χ3v) is 7.71. The number of benzene rings is 4. The molecule has 209 valence electrons. The van der Waals surface area contributed by atoms with Crippen LogP contribution in [-0.4, -0.2) is 20.7 Å². The van der Waals surface area contributed by atoms with Gasteiger partial charge in [-0.1, -0.05) is 93.7 Å². The molecule has 0 bridgehead atoms. The zero-order valence-electron chi connectivity index (χ0n) is 23.8. The molecule has 0 saturated carbocycles. The van der Waals surface area contributed by atoms with Crippen molar-refractivity contribution in [3.05, 3.63) is 103 Å². The van der Waals surface area contributed by atoms with Gasteiger partial charge in [-0.05, 0) is 59.0 Å². The summed E-state index contributed by atoms with van der Waals surface area (Å²) >= 11 is 0. The molecule has 0 unspecified atom stereocenters. The summed E-state index contributed by atoms with van der Waals surface area (Å²) in [5, 5.41) is 17.1. The van der Waals surface area contributed by atoms with Crippen molar-refractivity contribution in [2.24, 2.45) is 11.8 Å². The van der Waals surface area contributed by atoms with Gasteiger partial charge in [0, 0.05) is 32.2 Å². The van der Waals surface area contributed by atoms with Crippen molar-refractivity contribution in [2.75, 3.05) is 0 Å². The molecule has 0 saturated heterocycles. The topological polar surface area (TPSA) is 54.5 Å². The number of nitrogens with zero attached hydrogens (tertiary/aromatic N) is 1. The van der Waals surface area contributed by atoms with Crippen molar-refractivity contribution in [2.45, 2.75) is 53.4 Å². The number of hydrogen-bond acceptors (Lipinski definition) is 2. The standard InChI is InChI=1S/C23H14N.C13H24O2.Ir/c1-2-7-18-15-19(10-9-16(18)5-1)23-22-12-11-17-6-3-4-8-20(17)21(22)13-14-24-23;1-5-10(6-2)12(14)9-13(15)11(7-3)8-4;/h1-9,11-15H;9-11,14H,5-8H2,1-4H3;/q-1;;/p+1/b;12-9-;. The van der Waals surface area contributed by atoms with E-state index < -0.39 is 0 Å². The van der Waals surface area contributed by atoms with Gasteiger partial charge in [-0.15, -0.1) is 29.1 Å². The molecule has 0 aliphatic carbocycles. The Labute approximate surface area is 251 Å². The molecule has 3 nitrogen and oxygen atoms in total. The average Bonchev–Trinajstić information content (AvgIpc) is 2.98.